The number of nitrogens with one attached hydrogen (secondary N) is 2. The largest absolute Gasteiger partial charge is 0.357 e. The summed E-state index contributed by atoms with van der Waals surface area (Å²) < 4.78 is 16.2. The molecule has 4 rings (SSSR count). The summed E-state index contributed by atoms with van der Waals surface area (Å²) in [5.41, 5.74) is 1.63. The second-order valence-electron chi connectivity index (χ2n) is 6.63. The van der Waals surface area contributed by atoms with Crippen molar-refractivity contribution in [3.63, 3.8) is 0 Å². The molecule has 1 fully saturated rings. The average molecular weight is 499 g/mol. The van der Waals surface area contributed by atoms with E-state index in [-0.39, 0.29) is 35.2 Å². The smallest absolute Gasteiger partial charge is 0.193 e. The minimum atomic E-state index is -0.119. The number of guanidine groups is 1. The topological polar surface area (TPSA) is 53.7 Å². The molecule has 0 bridgehead atoms. The maximum atomic E-state index is 14.2. The Morgan fingerprint density at radius 2 is 2.15 bits per heavy atom. The minimum absolute atomic E-state index is 0. The highest BCUT2D eigenvalue weighted by molar-refractivity contribution is 14.0. The van der Waals surface area contributed by atoms with Crippen molar-refractivity contribution in [3.05, 3.63) is 59.1 Å². The Morgan fingerprint density at radius 3 is 2.85 bits per heavy atom. The second kappa shape index (κ2) is 8.55. The Bertz CT molecular complexity index is 902. The fourth-order valence-electron chi connectivity index (χ4n) is 3.19. The number of aliphatic imine (C=N–C) groups is 1. The average Bonchev–Trinajstić information content (AvgIpc) is 3.12. The van der Waals surface area contributed by atoms with E-state index in [0.29, 0.717) is 13.1 Å². The number of benzene rings is 1. The molecule has 5 nitrogen and oxygen atoms in total. The number of thiazole rings is 1. The van der Waals surface area contributed by atoms with Crippen LogP contribution in [-0.4, -0.2) is 28.4 Å². The first kappa shape index (κ1) is 20.1. The molecule has 1 aromatic carbocycles. The normalized spacial score (nSPS) is 15.4. The van der Waals surface area contributed by atoms with Crippen molar-refractivity contribution in [2.45, 2.75) is 31.7 Å². The molecule has 0 radical (unpaired) electrons. The van der Waals surface area contributed by atoms with Gasteiger partial charge < -0.3 is 10.6 Å². The van der Waals surface area contributed by atoms with Crippen LogP contribution in [0.25, 0.3) is 4.96 Å². The zero-order valence-electron chi connectivity index (χ0n) is 15.1. The number of imidazole rings is 1. The van der Waals surface area contributed by atoms with Crippen LogP contribution >= 0.6 is 35.3 Å². The summed E-state index contributed by atoms with van der Waals surface area (Å²) in [7, 11) is 0. The van der Waals surface area contributed by atoms with Crippen LogP contribution in [0.1, 0.15) is 31.0 Å². The first-order chi connectivity index (χ1) is 12.7. The Kier molecular flexibility index (Phi) is 6.36. The lowest BCUT2D eigenvalue weighted by molar-refractivity contribution is 0.559. The molecule has 0 saturated heterocycles. The van der Waals surface area contributed by atoms with Gasteiger partial charge in [-0.2, -0.15) is 0 Å². The maximum Gasteiger partial charge on any atom is 0.193 e. The van der Waals surface area contributed by atoms with Gasteiger partial charge in [-0.3, -0.25) is 4.40 Å². The summed E-state index contributed by atoms with van der Waals surface area (Å²) in [6.45, 7) is 4.00. The zero-order valence-corrected chi connectivity index (χ0v) is 18.3. The molecule has 1 saturated carbocycles. The van der Waals surface area contributed by atoms with Crippen LogP contribution in [0.15, 0.2) is 47.0 Å². The monoisotopic (exact) mass is 499 g/mol. The van der Waals surface area contributed by atoms with Crippen LogP contribution in [-0.2, 0) is 12.0 Å². The fourth-order valence-corrected chi connectivity index (χ4v) is 3.91. The van der Waals surface area contributed by atoms with Gasteiger partial charge >= 0.3 is 0 Å². The molecule has 1 aliphatic rings. The van der Waals surface area contributed by atoms with Gasteiger partial charge in [-0.15, -0.1) is 35.3 Å². The first-order valence-corrected chi connectivity index (χ1v) is 9.76. The van der Waals surface area contributed by atoms with Crippen molar-refractivity contribution in [2.24, 2.45) is 4.99 Å². The van der Waals surface area contributed by atoms with Gasteiger partial charge in [0.1, 0.15) is 5.82 Å². The fraction of sp³-hybridized carbons (Fsp3) is 0.368. The Morgan fingerprint density at radius 1 is 1.33 bits per heavy atom. The third-order valence-corrected chi connectivity index (χ3v) is 5.55. The number of rotatable bonds is 6. The summed E-state index contributed by atoms with van der Waals surface area (Å²) in [6.07, 6.45) is 5.99. The molecular formula is C19H23FIN5S. The number of fused-ring (bicyclic) bond motifs is 1. The van der Waals surface area contributed by atoms with E-state index >= 15 is 0 Å². The van der Waals surface area contributed by atoms with E-state index in [1.54, 1.807) is 23.5 Å². The number of hydrogen-bond donors (Lipinski definition) is 2. The van der Waals surface area contributed by atoms with Gasteiger partial charge in [0.05, 0.1) is 12.2 Å². The molecule has 3 aromatic rings. The maximum absolute atomic E-state index is 14.2. The van der Waals surface area contributed by atoms with Gasteiger partial charge in [-0.25, -0.2) is 14.4 Å². The molecule has 0 aliphatic heterocycles. The number of aromatic nitrogens is 2. The van der Waals surface area contributed by atoms with Crippen LogP contribution in [0.4, 0.5) is 4.39 Å². The molecular weight excluding hydrogens is 476 g/mol. The predicted octanol–water partition coefficient (Wildman–Crippen LogP) is 3.94. The molecule has 144 valence electrons. The van der Waals surface area contributed by atoms with Crippen molar-refractivity contribution in [2.75, 3.05) is 13.1 Å². The summed E-state index contributed by atoms with van der Waals surface area (Å²) in [5.74, 6) is 0.623. The van der Waals surface area contributed by atoms with Crippen molar-refractivity contribution in [1.82, 2.24) is 20.0 Å². The Hall–Kier alpha value is -1.68. The van der Waals surface area contributed by atoms with Crippen LogP contribution < -0.4 is 10.6 Å². The SMILES string of the molecule is CCNC(=NCc1cn2ccsc2n1)NCC1(c2ccccc2F)CC1.I. The number of hydrogen-bond acceptors (Lipinski definition) is 3. The molecule has 0 atom stereocenters. The molecule has 8 heteroatoms. The van der Waals surface area contributed by atoms with Crippen LogP contribution in [0.5, 0.6) is 0 Å². The van der Waals surface area contributed by atoms with Crippen molar-refractivity contribution < 1.29 is 4.39 Å². The zero-order chi connectivity index (χ0) is 18.0. The lowest BCUT2D eigenvalue weighted by Crippen LogP contribution is -2.41. The van der Waals surface area contributed by atoms with E-state index < -0.39 is 0 Å². The Balaban J connectivity index is 0.00000210. The minimum Gasteiger partial charge on any atom is -0.357 e. The van der Waals surface area contributed by atoms with Gasteiger partial charge in [-0.05, 0) is 31.4 Å². The summed E-state index contributed by atoms with van der Waals surface area (Å²) >= 11 is 1.61. The van der Waals surface area contributed by atoms with E-state index in [1.165, 1.54) is 0 Å². The van der Waals surface area contributed by atoms with Gasteiger partial charge in [0.25, 0.3) is 0 Å². The third-order valence-electron chi connectivity index (χ3n) is 4.78. The quantitative estimate of drug-likeness (QED) is 0.307. The number of halogens is 2. The van der Waals surface area contributed by atoms with Gasteiger partial charge in [-0.1, -0.05) is 18.2 Å². The molecule has 2 N–H and O–H groups in total. The summed E-state index contributed by atoms with van der Waals surface area (Å²) in [6, 6.07) is 7.08. The molecule has 0 unspecified atom stereocenters. The van der Waals surface area contributed by atoms with E-state index in [0.717, 1.165) is 41.6 Å². The predicted molar refractivity (Wildman–Crippen MR) is 119 cm³/mol. The van der Waals surface area contributed by atoms with Gasteiger partial charge in [0, 0.05) is 36.3 Å². The van der Waals surface area contributed by atoms with E-state index in [1.807, 2.05) is 41.2 Å². The van der Waals surface area contributed by atoms with Crippen molar-refractivity contribution in [3.8, 4) is 0 Å². The highest BCUT2D eigenvalue weighted by Gasteiger charge is 2.45. The Labute approximate surface area is 179 Å². The van der Waals surface area contributed by atoms with Crippen molar-refractivity contribution in [1.29, 1.82) is 0 Å². The second-order valence-corrected chi connectivity index (χ2v) is 7.51. The van der Waals surface area contributed by atoms with Gasteiger partial charge in [0.15, 0.2) is 10.9 Å². The van der Waals surface area contributed by atoms with E-state index in [4.69, 9.17) is 0 Å². The van der Waals surface area contributed by atoms with Crippen LogP contribution in [0, 0.1) is 5.82 Å². The number of nitrogens with zero attached hydrogens (tertiary/aromatic N) is 3. The van der Waals surface area contributed by atoms with E-state index in [9.17, 15) is 4.39 Å². The summed E-state index contributed by atoms with van der Waals surface area (Å²) in [4.78, 5) is 10.2. The highest BCUT2D eigenvalue weighted by atomic mass is 127. The van der Waals surface area contributed by atoms with Crippen LogP contribution in [0.2, 0.25) is 0 Å². The molecule has 2 aromatic heterocycles. The first-order valence-electron chi connectivity index (χ1n) is 8.88. The van der Waals surface area contributed by atoms with Crippen molar-refractivity contribution >= 4 is 46.2 Å². The molecule has 27 heavy (non-hydrogen) atoms. The molecule has 2 heterocycles. The lowest BCUT2D eigenvalue weighted by atomic mass is 9.95. The van der Waals surface area contributed by atoms with Gasteiger partial charge in [0.2, 0.25) is 0 Å². The van der Waals surface area contributed by atoms with Crippen LogP contribution in [0.3, 0.4) is 0 Å². The van der Waals surface area contributed by atoms with E-state index in [2.05, 4.69) is 20.6 Å². The third kappa shape index (κ3) is 4.43. The summed E-state index contributed by atoms with van der Waals surface area (Å²) in [5, 5.41) is 8.66. The molecule has 0 spiro atoms. The standard InChI is InChI=1S/C19H22FN5S.HI/c1-2-21-17(22-11-14-12-25-9-10-26-18(25)24-14)23-13-19(7-8-19)15-5-3-4-6-16(15)20;/h3-6,9-10,12H,2,7-8,11,13H2,1H3,(H2,21,22,23);1H. The highest BCUT2D eigenvalue weighted by Crippen LogP contribution is 2.48. The lowest BCUT2D eigenvalue weighted by Gasteiger charge is -2.19. The molecule has 0 amide bonds. The molecule has 1 aliphatic carbocycles.